The summed E-state index contributed by atoms with van der Waals surface area (Å²) in [6.45, 7) is 0.631. The van der Waals surface area contributed by atoms with Crippen molar-refractivity contribution in [3.8, 4) is 5.75 Å². The van der Waals surface area contributed by atoms with Gasteiger partial charge < -0.3 is 9.94 Å². The molecule has 0 radical (unpaired) electrons. The molecule has 5 heteroatoms. The van der Waals surface area contributed by atoms with E-state index in [0.717, 1.165) is 12.0 Å². The van der Waals surface area contributed by atoms with Gasteiger partial charge in [0.1, 0.15) is 5.75 Å². The maximum Gasteiger partial charge on any atom is 0.175 e. The highest BCUT2D eigenvalue weighted by atomic mass is 35.5. The second-order valence-electron chi connectivity index (χ2n) is 2.94. The number of benzene rings is 1. The van der Waals surface area contributed by atoms with Crippen LogP contribution in [0.5, 0.6) is 5.75 Å². The highest BCUT2D eigenvalue weighted by Crippen LogP contribution is 2.34. The van der Waals surface area contributed by atoms with E-state index in [4.69, 9.17) is 33.1 Å². The van der Waals surface area contributed by atoms with E-state index in [9.17, 15) is 0 Å². The Labute approximate surface area is 90.9 Å². The van der Waals surface area contributed by atoms with Gasteiger partial charge in [0.2, 0.25) is 0 Å². The summed E-state index contributed by atoms with van der Waals surface area (Å²) in [6, 6.07) is 3.43. The number of oxime groups is 1. The van der Waals surface area contributed by atoms with E-state index in [2.05, 4.69) is 5.16 Å². The number of ether oxygens (including phenoxy) is 1. The maximum atomic E-state index is 8.51. The molecule has 14 heavy (non-hydrogen) atoms. The van der Waals surface area contributed by atoms with Gasteiger partial charge in [0.25, 0.3) is 0 Å². The molecule has 0 bridgehead atoms. The Balaban J connectivity index is 2.52. The van der Waals surface area contributed by atoms with Crippen LogP contribution in [-0.2, 0) is 6.42 Å². The molecule has 0 saturated carbocycles. The van der Waals surface area contributed by atoms with Crippen molar-refractivity contribution in [2.75, 3.05) is 6.61 Å². The summed E-state index contributed by atoms with van der Waals surface area (Å²) < 4.78 is 5.32. The van der Waals surface area contributed by atoms with Gasteiger partial charge in [-0.2, -0.15) is 0 Å². The molecule has 0 atom stereocenters. The zero-order chi connectivity index (χ0) is 10.1. The standard InChI is InChI=1S/C9H7Cl2NO2/c10-7-4-6(9(11)12-13)3-5-1-2-14-8(5)7/h3-4,13H,1-2H2. The lowest BCUT2D eigenvalue weighted by Gasteiger charge is -2.04. The van der Waals surface area contributed by atoms with Crippen LogP contribution in [0.15, 0.2) is 17.3 Å². The average molecular weight is 232 g/mol. The maximum absolute atomic E-state index is 8.51. The molecule has 2 rings (SSSR count). The van der Waals surface area contributed by atoms with Gasteiger partial charge in [0, 0.05) is 12.0 Å². The van der Waals surface area contributed by atoms with Crippen LogP contribution in [-0.4, -0.2) is 17.0 Å². The molecular formula is C9H7Cl2NO2. The van der Waals surface area contributed by atoms with E-state index in [1.54, 1.807) is 6.07 Å². The molecule has 1 aromatic rings. The fourth-order valence-corrected chi connectivity index (χ4v) is 1.84. The molecule has 0 aliphatic carbocycles. The van der Waals surface area contributed by atoms with Crippen molar-refractivity contribution in [2.24, 2.45) is 5.16 Å². The molecule has 0 unspecified atom stereocenters. The molecule has 74 valence electrons. The van der Waals surface area contributed by atoms with E-state index in [0.29, 0.717) is 22.9 Å². The summed E-state index contributed by atoms with van der Waals surface area (Å²) in [4.78, 5) is 0. The SMILES string of the molecule is ON=C(Cl)c1cc(Cl)c2c(c1)CCO2. The Morgan fingerprint density at radius 2 is 2.29 bits per heavy atom. The molecule has 0 spiro atoms. The molecule has 0 saturated heterocycles. The molecule has 1 aromatic carbocycles. The molecule has 0 aromatic heterocycles. The van der Waals surface area contributed by atoms with Crippen molar-refractivity contribution in [1.29, 1.82) is 0 Å². The minimum Gasteiger partial charge on any atom is -0.491 e. The second kappa shape index (κ2) is 3.67. The van der Waals surface area contributed by atoms with Crippen molar-refractivity contribution < 1.29 is 9.94 Å². The van der Waals surface area contributed by atoms with Crippen molar-refractivity contribution in [1.82, 2.24) is 0 Å². The Hall–Kier alpha value is -0.930. The third kappa shape index (κ3) is 1.53. The highest BCUT2D eigenvalue weighted by molar-refractivity contribution is 6.69. The molecular weight excluding hydrogens is 225 g/mol. The zero-order valence-electron chi connectivity index (χ0n) is 7.13. The number of fused-ring (bicyclic) bond motifs is 1. The predicted octanol–water partition coefficient (Wildman–Crippen LogP) is 2.65. The number of halogens is 2. The molecule has 3 nitrogen and oxygen atoms in total. The van der Waals surface area contributed by atoms with Crippen LogP contribution in [0.1, 0.15) is 11.1 Å². The van der Waals surface area contributed by atoms with Gasteiger partial charge in [0.15, 0.2) is 5.17 Å². The molecule has 1 aliphatic rings. The largest absolute Gasteiger partial charge is 0.491 e. The van der Waals surface area contributed by atoms with Crippen LogP contribution in [0.3, 0.4) is 0 Å². The van der Waals surface area contributed by atoms with Gasteiger partial charge in [-0.3, -0.25) is 0 Å². The Kier molecular flexibility index (Phi) is 2.52. The molecule has 1 aliphatic heterocycles. The van der Waals surface area contributed by atoms with Crippen LogP contribution in [0.4, 0.5) is 0 Å². The first-order valence-corrected chi connectivity index (χ1v) is 4.81. The number of nitrogens with zero attached hydrogens (tertiary/aromatic N) is 1. The number of hydrogen-bond acceptors (Lipinski definition) is 3. The quantitative estimate of drug-likeness (QED) is 0.459. The van der Waals surface area contributed by atoms with Crippen LogP contribution in [0, 0.1) is 0 Å². The average Bonchev–Trinajstić information content (AvgIpc) is 2.64. The summed E-state index contributed by atoms with van der Waals surface area (Å²) in [5, 5.41) is 11.9. The third-order valence-corrected chi connectivity index (χ3v) is 2.64. The van der Waals surface area contributed by atoms with Gasteiger partial charge in [0.05, 0.1) is 11.6 Å². The lowest BCUT2D eigenvalue weighted by molar-refractivity contribution is 0.321. The van der Waals surface area contributed by atoms with Gasteiger partial charge in [-0.15, -0.1) is 0 Å². The number of hydrogen-bond donors (Lipinski definition) is 1. The first-order chi connectivity index (χ1) is 6.72. The van der Waals surface area contributed by atoms with Crippen molar-refractivity contribution in [2.45, 2.75) is 6.42 Å². The Bertz CT molecular complexity index is 404. The van der Waals surface area contributed by atoms with Gasteiger partial charge >= 0.3 is 0 Å². The van der Waals surface area contributed by atoms with Gasteiger partial charge in [-0.1, -0.05) is 28.4 Å². The fraction of sp³-hybridized carbons (Fsp3) is 0.222. The monoisotopic (exact) mass is 231 g/mol. The predicted molar refractivity (Wildman–Crippen MR) is 54.8 cm³/mol. The lowest BCUT2D eigenvalue weighted by Crippen LogP contribution is -1.92. The van der Waals surface area contributed by atoms with Crippen LogP contribution < -0.4 is 4.74 Å². The first-order valence-electron chi connectivity index (χ1n) is 4.05. The van der Waals surface area contributed by atoms with Crippen LogP contribution in [0.25, 0.3) is 0 Å². The van der Waals surface area contributed by atoms with E-state index >= 15 is 0 Å². The fourth-order valence-electron chi connectivity index (χ4n) is 1.44. The molecule has 1 heterocycles. The highest BCUT2D eigenvalue weighted by Gasteiger charge is 2.17. The summed E-state index contributed by atoms with van der Waals surface area (Å²) in [7, 11) is 0. The summed E-state index contributed by atoms with van der Waals surface area (Å²) in [6.07, 6.45) is 0.804. The van der Waals surface area contributed by atoms with E-state index < -0.39 is 0 Å². The Morgan fingerprint density at radius 3 is 3.00 bits per heavy atom. The van der Waals surface area contributed by atoms with Crippen molar-refractivity contribution in [3.63, 3.8) is 0 Å². The minimum atomic E-state index is 0.0293. The topological polar surface area (TPSA) is 41.8 Å². The summed E-state index contributed by atoms with van der Waals surface area (Å²) in [5.74, 6) is 0.706. The third-order valence-electron chi connectivity index (χ3n) is 2.06. The van der Waals surface area contributed by atoms with Gasteiger partial charge in [-0.25, -0.2) is 0 Å². The van der Waals surface area contributed by atoms with E-state index in [1.807, 2.05) is 6.07 Å². The summed E-state index contributed by atoms with van der Waals surface area (Å²) >= 11 is 11.6. The van der Waals surface area contributed by atoms with E-state index in [-0.39, 0.29) is 5.17 Å². The van der Waals surface area contributed by atoms with Crippen molar-refractivity contribution >= 4 is 28.4 Å². The number of rotatable bonds is 1. The first kappa shape index (κ1) is 9.62. The Morgan fingerprint density at radius 1 is 1.50 bits per heavy atom. The molecule has 0 amide bonds. The normalized spacial score (nSPS) is 15.1. The van der Waals surface area contributed by atoms with Crippen LogP contribution >= 0.6 is 23.2 Å². The lowest BCUT2D eigenvalue weighted by atomic mass is 10.1. The van der Waals surface area contributed by atoms with Crippen molar-refractivity contribution in [3.05, 3.63) is 28.3 Å². The zero-order valence-corrected chi connectivity index (χ0v) is 8.64. The second-order valence-corrected chi connectivity index (χ2v) is 3.70. The van der Waals surface area contributed by atoms with Crippen LogP contribution in [0.2, 0.25) is 5.02 Å². The van der Waals surface area contributed by atoms with E-state index in [1.165, 1.54) is 0 Å². The molecule has 1 N–H and O–H groups in total. The summed E-state index contributed by atoms with van der Waals surface area (Å²) in [5.41, 5.74) is 1.60. The minimum absolute atomic E-state index is 0.0293. The molecule has 0 fully saturated rings. The van der Waals surface area contributed by atoms with Gasteiger partial charge in [-0.05, 0) is 17.7 Å². The smallest absolute Gasteiger partial charge is 0.175 e.